The van der Waals surface area contributed by atoms with Crippen molar-refractivity contribution >= 4 is 0 Å². The van der Waals surface area contributed by atoms with Gasteiger partial charge in [0.2, 0.25) is 0 Å². The molecule has 2 atom stereocenters. The minimum atomic E-state index is -0.432. The number of benzene rings is 1. The fourth-order valence-corrected chi connectivity index (χ4v) is 3.66. The third-order valence-corrected chi connectivity index (χ3v) is 4.93. The van der Waals surface area contributed by atoms with Gasteiger partial charge in [0.05, 0.1) is 0 Å². The van der Waals surface area contributed by atoms with Crippen molar-refractivity contribution in [3.63, 3.8) is 0 Å². The molecule has 0 heterocycles. The van der Waals surface area contributed by atoms with E-state index < -0.39 is 11.6 Å². The second-order valence-electron chi connectivity index (χ2n) is 6.64. The minimum absolute atomic E-state index is 0.122. The number of halogens is 2. The van der Waals surface area contributed by atoms with E-state index in [1.165, 1.54) is 37.5 Å². The predicted molar refractivity (Wildman–Crippen MR) is 78.6 cm³/mol. The van der Waals surface area contributed by atoms with E-state index in [0.717, 1.165) is 6.42 Å². The zero-order valence-electron chi connectivity index (χ0n) is 12.7. The Hall–Kier alpha value is -0.960. The van der Waals surface area contributed by atoms with Crippen LogP contribution in [-0.2, 0) is 6.42 Å². The van der Waals surface area contributed by atoms with Crippen molar-refractivity contribution in [2.75, 3.05) is 7.05 Å². The SMILES string of the molecule is CNC(Cc1c(F)cccc1F)C1CCCCC1(C)C. The number of hydrogen-bond donors (Lipinski definition) is 1. The van der Waals surface area contributed by atoms with Gasteiger partial charge in [-0.05, 0) is 49.8 Å². The van der Waals surface area contributed by atoms with Crippen molar-refractivity contribution in [2.24, 2.45) is 11.3 Å². The molecule has 20 heavy (non-hydrogen) atoms. The Morgan fingerprint density at radius 2 is 1.90 bits per heavy atom. The van der Waals surface area contributed by atoms with Gasteiger partial charge in [-0.1, -0.05) is 32.8 Å². The van der Waals surface area contributed by atoms with Crippen molar-refractivity contribution in [2.45, 2.75) is 52.0 Å². The van der Waals surface area contributed by atoms with Crippen LogP contribution in [0.1, 0.15) is 45.1 Å². The van der Waals surface area contributed by atoms with Crippen molar-refractivity contribution < 1.29 is 8.78 Å². The molecule has 0 bridgehead atoms. The van der Waals surface area contributed by atoms with E-state index in [0.29, 0.717) is 12.3 Å². The summed E-state index contributed by atoms with van der Waals surface area (Å²) < 4.78 is 27.7. The van der Waals surface area contributed by atoms with Crippen LogP contribution in [0.2, 0.25) is 0 Å². The van der Waals surface area contributed by atoms with Crippen LogP contribution >= 0.6 is 0 Å². The first-order valence-corrected chi connectivity index (χ1v) is 7.56. The summed E-state index contributed by atoms with van der Waals surface area (Å²) >= 11 is 0. The van der Waals surface area contributed by atoms with Gasteiger partial charge in [-0.15, -0.1) is 0 Å². The Bertz CT molecular complexity index is 436. The quantitative estimate of drug-likeness (QED) is 0.867. The molecule has 1 N–H and O–H groups in total. The first-order valence-electron chi connectivity index (χ1n) is 7.56. The summed E-state index contributed by atoms with van der Waals surface area (Å²) in [5.41, 5.74) is 0.446. The van der Waals surface area contributed by atoms with Gasteiger partial charge in [-0.25, -0.2) is 8.78 Å². The fraction of sp³-hybridized carbons (Fsp3) is 0.647. The third-order valence-electron chi connectivity index (χ3n) is 4.93. The fourth-order valence-electron chi connectivity index (χ4n) is 3.66. The summed E-state index contributed by atoms with van der Waals surface area (Å²) in [5.74, 6) is -0.405. The van der Waals surface area contributed by atoms with Crippen molar-refractivity contribution in [1.82, 2.24) is 5.32 Å². The average Bonchev–Trinajstić information content (AvgIpc) is 2.39. The first-order chi connectivity index (χ1) is 9.45. The average molecular weight is 281 g/mol. The van der Waals surface area contributed by atoms with Crippen LogP contribution in [0.5, 0.6) is 0 Å². The lowest BCUT2D eigenvalue weighted by molar-refractivity contribution is 0.100. The molecule has 0 radical (unpaired) electrons. The van der Waals surface area contributed by atoms with Gasteiger partial charge in [-0.2, -0.15) is 0 Å². The van der Waals surface area contributed by atoms with E-state index >= 15 is 0 Å². The third kappa shape index (κ3) is 3.20. The Balaban J connectivity index is 2.20. The normalized spacial score (nSPS) is 23.6. The summed E-state index contributed by atoms with van der Waals surface area (Å²) in [5, 5.41) is 3.30. The predicted octanol–water partition coefficient (Wildman–Crippen LogP) is 4.31. The largest absolute Gasteiger partial charge is 0.316 e. The number of rotatable bonds is 4. The molecule has 1 aliphatic carbocycles. The first kappa shape index (κ1) is 15.4. The molecule has 3 heteroatoms. The lowest BCUT2D eigenvalue weighted by Crippen LogP contribution is -2.45. The molecule has 1 saturated carbocycles. The van der Waals surface area contributed by atoms with E-state index in [-0.39, 0.29) is 17.0 Å². The van der Waals surface area contributed by atoms with Crippen molar-refractivity contribution in [3.8, 4) is 0 Å². The lowest BCUT2D eigenvalue weighted by Gasteiger charge is -2.43. The standard InChI is InChI=1S/C17H25F2N/c1-17(2)10-5-4-7-13(17)16(20-3)11-12-14(18)8-6-9-15(12)19/h6,8-9,13,16,20H,4-5,7,10-11H2,1-3H3. The summed E-state index contributed by atoms with van der Waals surface area (Å²) in [7, 11) is 1.90. The van der Waals surface area contributed by atoms with Crippen molar-refractivity contribution in [1.29, 1.82) is 0 Å². The number of nitrogens with one attached hydrogen (secondary N) is 1. The molecule has 112 valence electrons. The van der Waals surface area contributed by atoms with Crippen LogP contribution in [-0.4, -0.2) is 13.1 Å². The maximum atomic E-state index is 13.8. The van der Waals surface area contributed by atoms with Crippen LogP contribution in [0.4, 0.5) is 8.78 Å². The highest BCUT2D eigenvalue weighted by Gasteiger charge is 2.37. The lowest BCUT2D eigenvalue weighted by atomic mass is 9.65. The second kappa shape index (κ2) is 6.21. The Morgan fingerprint density at radius 3 is 2.45 bits per heavy atom. The highest BCUT2D eigenvalue weighted by molar-refractivity contribution is 5.21. The summed E-state index contributed by atoms with van der Waals surface area (Å²) in [6.45, 7) is 4.55. The van der Waals surface area contributed by atoms with Crippen molar-refractivity contribution in [3.05, 3.63) is 35.4 Å². The molecule has 0 saturated heterocycles. The van der Waals surface area contributed by atoms with Gasteiger partial charge in [0.1, 0.15) is 11.6 Å². The smallest absolute Gasteiger partial charge is 0.129 e. The minimum Gasteiger partial charge on any atom is -0.316 e. The van der Waals surface area contributed by atoms with Crippen LogP contribution in [0, 0.1) is 23.0 Å². The zero-order chi connectivity index (χ0) is 14.8. The van der Waals surface area contributed by atoms with Crippen LogP contribution < -0.4 is 5.32 Å². The molecule has 0 aliphatic heterocycles. The Morgan fingerprint density at radius 1 is 1.25 bits per heavy atom. The second-order valence-corrected chi connectivity index (χ2v) is 6.64. The molecule has 0 aromatic heterocycles. The maximum Gasteiger partial charge on any atom is 0.129 e. The monoisotopic (exact) mass is 281 g/mol. The molecule has 1 nitrogen and oxygen atoms in total. The molecular weight excluding hydrogens is 256 g/mol. The van der Waals surface area contributed by atoms with Crippen LogP contribution in [0.15, 0.2) is 18.2 Å². The summed E-state index contributed by atoms with van der Waals surface area (Å²) in [6.07, 6.45) is 5.22. The molecule has 1 fully saturated rings. The van der Waals surface area contributed by atoms with E-state index in [9.17, 15) is 8.78 Å². The van der Waals surface area contributed by atoms with Gasteiger partial charge in [0.15, 0.2) is 0 Å². The molecule has 0 amide bonds. The maximum absolute atomic E-state index is 13.8. The molecule has 2 rings (SSSR count). The molecular formula is C17H25F2N. The topological polar surface area (TPSA) is 12.0 Å². The van der Waals surface area contributed by atoms with Crippen LogP contribution in [0.3, 0.4) is 0 Å². The number of likely N-dealkylation sites (N-methyl/N-ethyl adjacent to an activating group) is 1. The van der Waals surface area contributed by atoms with Crippen LogP contribution in [0.25, 0.3) is 0 Å². The molecule has 1 aromatic carbocycles. The van der Waals surface area contributed by atoms with E-state index in [4.69, 9.17) is 0 Å². The molecule has 0 spiro atoms. The van der Waals surface area contributed by atoms with Gasteiger partial charge in [-0.3, -0.25) is 0 Å². The van der Waals surface area contributed by atoms with E-state index in [2.05, 4.69) is 19.2 Å². The van der Waals surface area contributed by atoms with E-state index in [1.54, 1.807) is 0 Å². The van der Waals surface area contributed by atoms with Gasteiger partial charge in [0, 0.05) is 11.6 Å². The highest BCUT2D eigenvalue weighted by atomic mass is 19.1. The summed E-state index contributed by atoms with van der Waals surface area (Å²) in [4.78, 5) is 0. The summed E-state index contributed by atoms with van der Waals surface area (Å²) in [6, 6.07) is 4.23. The Labute approximate surface area is 120 Å². The van der Waals surface area contributed by atoms with Gasteiger partial charge in [0.25, 0.3) is 0 Å². The molecule has 2 unspecified atom stereocenters. The van der Waals surface area contributed by atoms with Gasteiger partial charge >= 0.3 is 0 Å². The highest BCUT2D eigenvalue weighted by Crippen LogP contribution is 2.43. The number of hydrogen-bond acceptors (Lipinski definition) is 1. The van der Waals surface area contributed by atoms with Gasteiger partial charge < -0.3 is 5.32 Å². The zero-order valence-corrected chi connectivity index (χ0v) is 12.7. The molecule has 1 aliphatic rings. The molecule has 1 aromatic rings. The van der Waals surface area contributed by atoms with E-state index in [1.807, 2.05) is 7.05 Å². The Kier molecular flexibility index (Phi) is 4.79.